The Kier molecular flexibility index (Phi) is 12.8. The van der Waals surface area contributed by atoms with E-state index in [1.54, 1.807) is 0 Å². The molecule has 0 spiro atoms. The molecule has 0 radical (unpaired) electrons. The molecule has 0 aromatic heterocycles. The highest BCUT2D eigenvalue weighted by Crippen LogP contribution is 2.45. The number of nitrogen functional groups attached to an aromatic ring is 1. The smallest absolute Gasteiger partial charge is 0.320 e. The van der Waals surface area contributed by atoms with Crippen LogP contribution < -0.4 is 5.73 Å². The highest BCUT2D eigenvalue weighted by molar-refractivity contribution is 5.87. The summed E-state index contributed by atoms with van der Waals surface area (Å²) in [6, 6.07) is 12.9. The van der Waals surface area contributed by atoms with Crippen molar-refractivity contribution in [1.29, 1.82) is 0 Å². The Labute approximate surface area is 182 Å². The van der Waals surface area contributed by atoms with Gasteiger partial charge in [0.25, 0.3) is 5.91 Å². The quantitative estimate of drug-likeness (QED) is 0.330. The largest absolute Gasteiger partial charge is 0.400 e. The first-order chi connectivity index (χ1) is 14.8. The van der Waals surface area contributed by atoms with Crippen LogP contribution in [0.5, 0.6) is 0 Å². The van der Waals surface area contributed by atoms with Gasteiger partial charge in [-0.3, -0.25) is 9.59 Å². The van der Waals surface area contributed by atoms with Crippen LogP contribution in [-0.2, 0) is 24.0 Å². The number of benzene rings is 2. The second-order valence-electron chi connectivity index (χ2n) is 6.36. The van der Waals surface area contributed by atoms with Crippen molar-refractivity contribution in [3.05, 3.63) is 53.1 Å². The van der Waals surface area contributed by atoms with E-state index in [0.29, 0.717) is 17.3 Å². The summed E-state index contributed by atoms with van der Waals surface area (Å²) in [7, 11) is 2.25. The number of amides is 1. The van der Waals surface area contributed by atoms with Gasteiger partial charge in [-0.1, -0.05) is 36.8 Å². The fourth-order valence-corrected chi connectivity index (χ4v) is 2.96. The number of hydrogen-bond donors (Lipinski definition) is 2. The number of anilines is 1. The maximum Gasteiger partial charge on any atom is 0.320 e. The van der Waals surface area contributed by atoms with Crippen molar-refractivity contribution < 1.29 is 29.1 Å². The SMILES string of the molecule is CC=O.CN(OC=O)C(=O)CC=O.CO.Cc1ccc2c(c1)C(C)c1cc(N)ccc1-2. The predicted octanol–water partition coefficient (Wildman–Crippen LogP) is 2.64. The lowest BCUT2D eigenvalue weighted by molar-refractivity contribution is -0.181. The van der Waals surface area contributed by atoms with E-state index in [1.165, 1.54) is 41.8 Å². The van der Waals surface area contributed by atoms with Gasteiger partial charge in [0, 0.05) is 25.8 Å². The number of nitrogens with two attached hydrogens (primary N) is 1. The normalized spacial score (nSPS) is 12.0. The van der Waals surface area contributed by atoms with Crippen molar-refractivity contribution in [3.8, 4) is 11.1 Å². The van der Waals surface area contributed by atoms with Crippen LogP contribution in [0.3, 0.4) is 0 Å². The second kappa shape index (κ2) is 14.5. The zero-order valence-electron chi connectivity index (χ0n) is 18.5. The lowest BCUT2D eigenvalue weighted by Crippen LogP contribution is -2.26. The molecule has 31 heavy (non-hydrogen) atoms. The highest BCUT2D eigenvalue weighted by Gasteiger charge is 2.25. The second-order valence-corrected chi connectivity index (χ2v) is 6.36. The Hall–Kier alpha value is -3.52. The first-order valence-electron chi connectivity index (χ1n) is 9.46. The van der Waals surface area contributed by atoms with Crippen LogP contribution in [0.15, 0.2) is 36.4 Å². The van der Waals surface area contributed by atoms with Gasteiger partial charge in [0.15, 0.2) is 0 Å². The van der Waals surface area contributed by atoms with E-state index in [4.69, 9.17) is 15.6 Å². The molecule has 1 aliphatic rings. The maximum atomic E-state index is 10.5. The van der Waals surface area contributed by atoms with Crippen LogP contribution in [0, 0.1) is 6.92 Å². The van der Waals surface area contributed by atoms with Gasteiger partial charge in [-0.25, -0.2) is 0 Å². The minimum absolute atomic E-state index is 0.114. The molecular weight excluding hydrogens is 400 g/mol. The number of hydrogen-bond acceptors (Lipinski definition) is 7. The van der Waals surface area contributed by atoms with E-state index in [1.807, 2.05) is 6.07 Å². The van der Waals surface area contributed by atoms with Crippen molar-refractivity contribution >= 4 is 30.6 Å². The molecule has 1 unspecified atom stereocenters. The number of hydroxylamine groups is 2. The molecule has 0 saturated heterocycles. The average Bonchev–Trinajstić information content (AvgIpc) is 3.02. The van der Waals surface area contributed by atoms with Crippen LogP contribution in [0.2, 0.25) is 0 Å². The van der Waals surface area contributed by atoms with E-state index in [2.05, 4.69) is 49.0 Å². The summed E-state index contributed by atoms with van der Waals surface area (Å²) in [4.78, 5) is 42.8. The first-order valence-corrected chi connectivity index (χ1v) is 9.46. The van der Waals surface area contributed by atoms with Crippen LogP contribution in [0.1, 0.15) is 42.9 Å². The van der Waals surface area contributed by atoms with Crippen molar-refractivity contribution in [2.24, 2.45) is 0 Å². The van der Waals surface area contributed by atoms with E-state index in [9.17, 15) is 14.4 Å². The molecule has 1 amide bonds. The summed E-state index contributed by atoms with van der Waals surface area (Å²) in [5.41, 5.74) is 13.5. The third-order valence-electron chi connectivity index (χ3n) is 4.32. The number of nitrogens with zero attached hydrogens (tertiary/aromatic N) is 1. The van der Waals surface area contributed by atoms with Gasteiger partial charge in [0.2, 0.25) is 0 Å². The minimum atomic E-state index is -0.554. The summed E-state index contributed by atoms with van der Waals surface area (Å²) < 4.78 is 0. The average molecular weight is 431 g/mol. The molecule has 2 aromatic carbocycles. The van der Waals surface area contributed by atoms with Gasteiger partial charge in [-0.05, 0) is 48.2 Å². The first kappa shape index (κ1) is 27.5. The third-order valence-corrected chi connectivity index (χ3v) is 4.32. The van der Waals surface area contributed by atoms with Crippen LogP contribution in [0.25, 0.3) is 11.1 Å². The molecule has 0 bridgehead atoms. The molecule has 8 nitrogen and oxygen atoms in total. The molecule has 0 aliphatic heterocycles. The number of aliphatic hydroxyl groups excluding tert-OH is 1. The Balaban J connectivity index is 0.000000520. The molecule has 1 atom stereocenters. The summed E-state index contributed by atoms with van der Waals surface area (Å²) in [6.07, 6.45) is 0.914. The number of fused-ring (bicyclic) bond motifs is 3. The van der Waals surface area contributed by atoms with Crippen LogP contribution >= 0.6 is 0 Å². The van der Waals surface area contributed by atoms with Gasteiger partial charge < -0.3 is 25.3 Å². The summed E-state index contributed by atoms with van der Waals surface area (Å²) in [5, 5.41) is 7.70. The number of carbonyl (C=O) groups is 4. The molecule has 0 saturated carbocycles. The Morgan fingerprint density at radius 1 is 1.10 bits per heavy atom. The molecule has 1 aliphatic carbocycles. The van der Waals surface area contributed by atoms with Gasteiger partial charge in [0.1, 0.15) is 12.6 Å². The topological polar surface area (TPSA) is 127 Å². The van der Waals surface area contributed by atoms with Crippen molar-refractivity contribution in [1.82, 2.24) is 5.06 Å². The lowest BCUT2D eigenvalue weighted by Gasteiger charge is -2.09. The molecule has 0 heterocycles. The van der Waals surface area contributed by atoms with Gasteiger partial charge in [0.05, 0.1) is 6.42 Å². The number of aldehydes is 2. The van der Waals surface area contributed by atoms with Gasteiger partial charge in [-0.15, -0.1) is 0 Å². The van der Waals surface area contributed by atoms with Gasteiger partial charge in [-0.2, -0.15) is 5.06 Å². The number of rotatable bonds is 4. The Morgan fingerprint density at radius 2 is 1.61 bits per heavy atom. The zero-order valence-corrected chi connectivity index (χ0v) is 18.5. The molecule has 3 N–H and O–H groups in total. The molecular formula is C23H30N2O6. The van der Waals surface area contributed by atoms with Crippen molar-refractivity contribution in [2.75, 3.05) is 19.9 Å². The molecule has 8 heteroatoms. The molecule has 0 fully saturated rings. The summed E-state index contributed by atoms with van der Waals surface area (Å²) in [6.45, 7) is 5.95. The third kappa shape index (κ3) is 8.02. The molecule has 168 valence electrons. The fourth-order valence-electron chi connectivity index (χ4n) is 2.96. The number of carbonyl (C=O) groups excluding carboxylic acids is 4. The zero-order chi connectivity index (χ0) is 24.0. The molecule has 2 aromatic rings. The van der Waals surface area contributed by atoms with Crippen LogP contribution in [-0.4, -0.2) is 49.3 Å². The van der Waals surface area contributed by atoms with Gasteiger partial charge >= 0.3 is 6.47 Å². The summed E-state index contributed by atoms with van der Waals surface area (Å²) in [5.74, 6) is -0.0875. The lowest BCUT2D eigenvalue weighted by atomic mass is 9.98. The Morgan fingerprint density at radius 3 is 2.13 bits per heavy atom. The van der Waals surface area contributed by atoms with Crippen molar-refractivity contribution in [3.63, 3.8) is 0 Å². The number of aryl methyl sites for hydroxylation is 1. The van der Waals surface area contributed by atoms with E-state index in [-0.39, 0.29) is 12.9 Å². The highest BCUT2D eigenvalue weighted by atomic mass is 16.7. The predicted molar refractivity (Wildman–Crippen MR) is 119 cm³/mol. The standard InChI is InChI=1S/C15H15N.C5H7NO4.C2H4O.CH4O/c1-9-3-5-12-13-6-4-11(16)8-15(13)10(2)14(12)7-9;1-6(10-4-8)5(9)2-3-7;1-2-3;1-2/h3-8,10H,16H2,1-2H3;3-4H,2H2,1H3;2H,1H3;2H,1H3. The summed E-state index contributed by atoms with van der Waals surface area (Å²) >= 11 is 0. The Bertz CT molecular complexity index is 831. The molecule has 3 rings (SSSR count). The van der Waals surface area contributed by atoms with Crippen LogP contribution in [0.4, 0.5) is 5.69 Å². The van der Waals surface area contributed by atoms with Crippen molar-refractivity contribution in [2.45, 2.75) is 33.1 Å². The van der Waals surface area contributed by atoms with E-state index >= 15 is 0 Å². The maximum absolute atomic E-state index is 10.5. The van der Waals surface area contributed by atoms with E-state index in [0.717, 1.165) is 19.1 Å². The monoisotopic (exact) mass is 430 g/mol. The van der Waals surface area contributed by atoms with E-state index < -0.39 is 5.91 Å². The minimum Gasteiger partial charge on any atom is -0.400 e. The number of aliphatic hydroxyl groups is 1. The fraction of sp³-hybridized carbons (Fsp3) is 0.304.